The topological polar surface area (TPSA) is 29.1 Å². The molecule has 2 nitrogen and oxygen atoms in total. The monoisotopic (exact) mass is 263 g/mol. The molecule has 0 radical (unpaired) electrons. The van der Waals surface area contributed by atoms with Crippen LogP contribution in [0.15, 0.2) is 40.9 Å². The molecule has 0 atom stereocenters. The summed E-state index contributed by atoms with van der Waals surface area (Å²) in [5.41, 5.74) is 0.834. The summed E-state index contributed by atoms with van der Waals surface area (Å²) in [6.07, 6.45) is 0. The van der Waals surface area contributed by atoms with E-state index < -0.39 is 0 Å². The van der Waals surface area contributed by atoms with Gasteiger partial charge in [-0.05, 0) is 27.4 Å². The predicted molar refractivity (Wildman–Crippen MR) is 66.0 cm³/mol. The third-order valence-electron chi connectivity index (χ3n) is 2.18. The maximum absolute atomic E-state index is 11.1. The molecule has 0 saturated carbocycles. The summed E-state index contributed by atoms with van der Waals surface area (Å²) in [6.45, 7) is 1.51. The molecule has 3 heteroatoms. The van der Waals surface area contributed by atoms with Crippen LogP contribution in [0.2, 0.25) is 0 Å². The molecule has 1 amide bonds. The van der Waals surface area contributed by atoms with Crippen molar-refractivity contribution in [2.75, 3.05) is 5.32 Å². The van der Waals surface area contributed by atoms with E-state index in [1.807, 2.05) is 36.4 Å². The second kappa shape index (κ2) is 4.03. The molecule has 0 aromatic heterocycles. The molecule has 0 spiro atoms. The van der Waals surface area contributed by atoms with Crippen LogP contribution in [0.25, 0.3) is 10.8 Å². The van der Waals surface area contributed by atoms with Gasteiger partial charge in [-0.25, -0.2) is 0 Å². The van der Waals surface area contributed by atoms with Crippen molar-refractivity contribution >= 4 is 38.3 Å². The lowest BCUT2D eigenvalue weighted by Crippen LogP contribution is -2.06. The fourth-order valence-electron chi connectivity index (χ4n) is 1.55. The average Bonchev–Trinajstić information content (AvgIpc) is 2.22. The molecule has 0 fully saturated rings. The Morgan fingerprint density at radius 3 is 2.67 bits per heavy atom. The van der Waals surface area contributed by atoms with E-state index in [1.54, 1.807) is 0 Å². The molecule has 0 unspecified atom stereocenters. The third kappa shape index (κ3) is 2.02. The molecule has 0 aliphatic rings. The van der Waals surface area contributed by atoms with Crippen molar-refractivity contribution in [3.63, 3.8) is 0 Å². The second-order valence-electron chi connectivity index (χ2n) is 3.32. The van der Waals surface area contributed by atoms with E-state index in [2.05, 4.69) is 21.2 Å². The molecule has 0 saturated heterocycles. The molecule has 2 rings (SSSR count). The van der Waals surface area contributed by atoms with Gasteiger partial charge in [0.15, 0.2) is 0 Å². The van der Waals surface area contributed by atoms with Crippen LogP contribution in [0.1, 0.15) is 6.92 Å². The molecule has 0 bridgehead atoms. The zero-order chi connectivity index (χ0) is 10.8. The fraction of sp³-hybridized carbons (Fsp3) is 0.0833. The number of carbonyl (C=O) groups is 1. The second-order valence-corrected chi connectivity index (χ2v) is 4.18. The molecule has 2 aromatic rings. The van der Waals surface area contributed by atoms with Crippen molar-refractivity contribution < 1.29 is 4.79 Å². The minimum absolute atomic E-state index is 0.0629. The number of rotatable bonds is 1. The first-order valence-electron chi connectivity index (χ1n) is 4.63. The Bertz CT molecular complexity index is 522. The summed E-state index contributed by atoms with van der Waals surface area (Å²) >= 11 is 3.43. The van der Waals surface area contributed by atoms with E-state index in [4.69, 9.17) is 0 Å². The number of halogens is 1. The van der Waals surface area contributed by atoms with E-state index in [0.29, 0.717) is 0 Å². The molecular formula is C12H10BrNO. The lowest BCUT2D eigenvalue weighted by Gasteiger charge is -2.09. The smallest absolute Gasteiger partial charge is 0.221 e. The summed E-state index contributed by atoms with van der Waals surface area (Å²) in [7, 11) is 0. The van der Waals surface area contributed by atoms with Gasteiger partial charge < -0.3 is 5.32 Å². The van der Waals surface area contributed by atoms with E-state index in [-0.39, 0.29) is 5.91 Å². The van der Waals surface area contributed by atoms with Gasteiger partial charge in [0.25, 0.3) is 0 Å². The van der Waals surface area contributed by atoms with Gasteiger partial charge in [0.1, 0.15) is 0 Å². The molecule has 0 aliphatic heterocycles. The minimum atomic E-state index is -0.0629. The summed E-state index contributed by atoms with van der Waals surface area (Å²) < 4.78 is 0.899. The Labute approximate surface area is 96.4 Å². The van der Waals surface area contributed by atoms with E-state index in [0.717, 1.165) is 20.9 Å². The number of benzene rings is 2. The zero-order valence-electron chi connectivity index (χ0n) is 8.25. The number of hydrogen-bond donors (Lipinski definition) is 1. The number of fused-ring (bicyclic) bond motifs is 1. The molecule has 2 aromatic carbocycles. The van der Waals surface area contributed by atoms with Crippen molar-refractivity contribution in [3.8, 4) is 0 Å². The van der Waals surface area contributed by atoms with Gasteiger partial charge >= 0.3 is 0 Å². The molecule has 0 heterocycles. The Kier molecular flexibility index (Phi) is 2.73. The van der Waals surface area contributed by atoms with Crippen molar-refractivity contribution in [3.05, 3.63) is 40.9 Å². The summed E-state index contributed by atoms with van der Waals surface area (Å²) in [6, 6.07) is 11.9. The number of carbonyl (C=O) groups excluding carboxylic acids is 1. The summed E-state index contributed by atoms with van der Waals surface area (Å²) in [5.74, 6) is -0.0629. The van der Waals surface area contributed by atoms with Crippen molar-refractivity contribution in [2.24, 2.45) is 0 Å². The van der Waals surface area contributed by atoms with Crippen molar-refractivity contribution in [1.82, 2.24) is 0 Å². The maximum atomic E-state index is 11.1. The number of hydrogen-bond acceptors (Lipinski definition) is 1. The highest BCUT2D eigenvalue weighted by Gasteiger charge is 2.06. The fourth-order valence-corrected chi connectivity index (χ4v) is 1.99. The Morgan fingerprint density at radius 1 is 1.20 bits per heavy atom. The molecule has 0 aliphatic carbocycles. The van der Waals surface area contributed by atoms with Crippen LogP contribution < -0.4 is 5.32 Å². The average molecular weight is 264 g/mol. The van der Waals surface area contributed by atoms with Gasteiger partial charge in [-0.2, -0.15) is 0 Å². The van der Waals surface area contributed by atoms with E-state index in [9.17, 15) is 4.79 Å². The highest BCUT2D eigenvalue weighted by Crippen LogP contribution is 2.31. The van der Waals surface area contributed by atoms with Crippen molar-refractivity contribution in [1.29, 1.82) is 0 Å². The zero-order valence-corrected chi connectivity index (χ0v) is 9.84. The highest BCUT2D eigenvalue weighted by molar-refractivity contribution is 9.10. The first kappa shape index (κ1) is 10.2. The lowest BCUT2D eigenvalue weighted by molar-refractivity contribution is -0.114. The number of nitrogens with one attached hydrogen (secondary N) is 1. The first-order chi connectivity index (χ1) is 7.18. The standard InChI is InChI=1S/C12H10BrNO/c1-8(15)14-12-10-5-3-2-4-9(10)6-7-11(12)13/h2-7H,1H3,(H,14,15). The molecule has 1 N–H and O–H groups in total. The van der Waals surface area contributed by atoms with Crippen LogP contribution >= 0.6 is 15.9 Å². The van der Waals surface area contributed by atoms with Gasteiger partial charge in [-0.15, -0.1) is 0 Å². The highest BCUT2D eigenvalue weighted by atomic mass is 79.9. The number of anilines is 1. The normalized spacial score (nSPS) is 10.3. The Morgan fingerprint density at radius 2 is 1.93 bits per heavy atom. The lowest BCUT2D eigenvalue weighted by atomic mass is 10.1. The maximum Gasteiger partial charge on any atom is 0.221 e. The van der Waals surface area contributed by atoms with Crippen molar-refractivity contribution in [2.45, 2.75) is 6.92 Å². The SMILES string of the molecule is CC(=O)Nc1c(Br)ccc2ccccc12. The largest absolute Gasteiger partial charge is 0.325 e. The number of amides is 1. The van der Waals surface area contributed by atoms with Crippen LogP contribution in [0.3, 0.4) is 0 Å². The van der Waals surface area contributed by atoms with Crippen LogP contribution in [-0.4, -0.2) is 5.91 Å². The third-order valence-corrected chi connectivity index (χ3v) is 2.84. The minimum Gasteiger partial charge on any atom is -0.325 e. The molecule has 15 heavy (non-hydrogen) atoms. The van der Waals surface area contributed by atoms with Crippen LogP contribution in [0.4, 0.5) is 5.69 Å². The van der Waals surface area contributed by atoms with Crippen LogP contribution in [0.5, 0.6) is 0 Å². The van der Waals surface area contributed by atoms with Gasteiger partial charge in [0.2, 0.25) is 5.91 Å². The summed E-state index contributed by atoms with van der Waals surface area (Å²) in [5, 5.41) is 4.99. The van der Waals surface area contributed by atoms with Gasteiger partial charge in [-0.1, -0.05) is 30.3 Å². The van der Waals surface area contributed by atoms with Crippen LogP contribution in [0, 0.1) is 0 Å². The van der Waals surface area contributed by atoms with E-state index >= 15 is 0 Å². The molecule has 76 valence electrons. The van der Waals surface area contributed by atoms with Gasteiger partial charge in [0.05, 0.1) is 5.69 Å². The van der Waals surface area contributed by atoms with Crippen LogP contribution in [-0.2, 0) is 4.79 Å². The Hall–Kier alpha value is -1.35. The van der Waals surface area contributed by atoms with Gasteiger partial charge in [0, 0.05) is 16.8 Å². The quantitative estimate of drug-likeness (QED) is 0.838. The van der Waals surface area contributed by atoms with Gasteiger partial charge in [-0.3, -0.25) is 4.79 Å². The predicted octanol–water partition coefficient (Wildman–Crippen LogP) is 3.56. The van der Waals surface area contributed by atoms with E-state index in [1.165, 1.54) is 6.92 Å². The summed E-state index contributed by atoms with van der Waals surface area (Å²) in [4.78, 5) is 11.1. The Balaban J connectivity index is 2.68. The first-order valence-corrected chi connectivity index (χ1v) is 5.42. The molecular weight excluding hydrogens is 254 g/mol.